The van der Waals surface area contributed by atoms with Crippen molar-refractivity contribution in [1.29, 1.82) is 0 Å². The molecule has 0 bridgehead atoms. The molecule has 0 aliphatic rings. The second-order valence-corrected chi connectivity index (χ2v) is 4.53. The van der Waals surface area contributed by atoms with Gasteiger partial charge in [-0.05, 0) is 26.6 Å². The Bertz CT molecular complexity index is 254. The predicted octanol–water partition coefficient (Wildman–Crippen LogP) is 1.20. The molecule has 0 unspecified atom stereocenters. The highest BCUT2D eigenvalue weighted by Crippen LogP contribution is 2.03. The van der Waals surface area contributed by atoms with Crippen LogP contribution in [0.1, 0.15) is 12.1 Å². The van der Waals surface area contributed by atoms with E-state index in [0.717, 1.165) is 39.2 Å². The SMILES string of the molecule is COCCNCCCN(C)Cc1cscn1. The molecule has 0 aliphatic carbocycles. The summed E-state index contributed by atoms with van der Waals surface area (Å²) in [5.41, 5.74) is 3.05. The van der Waals surface area contributed by atoms with E-state index in [4.69, 9.17) is 4.74 Å². The minimum Gasteiger partial charge on any atom is -0.383 e. The number of methoxy groups -OCH3 is 1. The van der Waals surface area contributed by atoms with Gasteiger partial charge in [0.2, 0.25) is 0 Å². The standard InChI is InChI=1S/C11H21N3OS/c1-14(8-11-9-16-10-13-11)6-3-4-12-5-7-15-2/h9-10,12H,3-8H2,1-2H3. The molecule has 0 aliphatic heterocycles. The smallest absolute Gasteiger partial charge is 0.0795 e. The number of rotatable bonds is 9. The fourth-order valence-electron chi connectivity index (χ4n) is 1.44. The maximum atomic E-state index is 4.96. The molecule has 0 fully saturated rings. The van der Waals surface area contributed by atoms with Crippen LogP contribution in [0, 0.1) is 0 Å². The number of hydrogen-bond acceptors (Lipinski definition) is 5. The lowest BCUT2D eigenvalue weighted by Gasteiger charge is -2.15. The summed E-state index contributed by atoms with van der Waals surface area (Å²) in [4.78, 5) is 6.57. The van der Waals surface area contributed by atoms with Gasteiger partial charge in [0, 0.05) is 25.6 Å². The molecule has 4 nitrogen and oxygen atoms in total. The fourth-order valence-corrected chi connectivity index (χ4v) is 1.99. The lowest BCUT2D eigenvalue weighted by molar-refractivity contribution is 0.198. The van der Waals surface area contributed by atoms with E-state index in [1.54, 1.807) is 18.4 Å². The minimum atomic E-state index is 0.786. The Kier molecular flexibility index (Phi) is 7.33. The summed E-state index contributed by atoms with van der Waals surface area (Å²) >= 11 is 1.65. The van der Waals surface area contributed by atoms with E-state index in [9.17, 15) is 0 Å². The van der Waals surface area contributed by atoms with Gasteiger partial charge in [-0.1, -0.05) is 0 Å². The molecular weight excluding hydrogens is 222 g/mol. The highest BCUT2D eigenvalue weighted by Gasteiger charge is 2.01. The van der Waals surface area contributed by atoms with E-state index in [1.165, 1.54) is 5.69 Å². The van der Waals surface area contributed by atoms with Crippen LogP contribution >= 0.6 is 11.3 Å². The molecule has 0 amide bonds. The van der Waals surface area contributed by atoms with Gasteiger partial charge in [0.05, 0.1) is 17.8 Å². The average molecular weight is 243 g/mol. The van der Waals surface area contributed by atoms with Gasteiger partial charge in [0.1, 0.15) is 0 Å². The molecule has 1 aromatic heterocycles. The summed E-state index contributed by atoms with van der Waals surface area (Å²) in [6.07, 6.45) is 1.16. The highest BCUT2D eigenvalue weighted by molar-refractivity contribution is 7.07. The Hall–Kier alpha value is -0.490. The molecule has 92 valence electrons. The molecule has 5 heteroatoms. The van der Waals surface area contributed by atoms with Crippen LogP contribution in [0.15, 0.2) is 10.9 Å². The third kappa shape index (κ3) is 6.17. The van der Waals surface area contributed by atoms with Gasteiger partial charge in [0.15, 0.2) is 0 Å². The Morgan fingerprint density at radius 3 is 3.06 bits per heavy atom. The molecule has 0 saturated carbocycles. The Labute approximate surface area is 102 Å². The quantitative estimate of drug-likeness (QED) is 0.661. The van der Waals surface area contributed by atoms with E-state index in [1.807, 2.05) is 5.51 Å². The van der Waals surface area contributed by atoms with Crippen molar-refractivity contribution in [3.8, 4) is 0 Å². The van der Waals surface area contributed by atoms with Crippen LogP contribution in [0.3, 0.4) is 0 Å². The van der Waals surface area contributed by atoms with Crippen molar-refractivity contribution in [2.45, 2.75) is 13.0 Å². The molecule has 0 aromatic carbocycles. The lowest BCUT2D eigenvalue weighted by Crippen LogP contribution is -2.25. The first-order valence-corrected chi connectivity index (χ1v) is 6.52. The zero-order chi connectivity index (χ0) is 11.6. The van der Waals surface area contributed by atoms with E-state index in [0.29, 0.717) is 0 Å². The molecule has 1 aromatic rings. The van der Waals surface area contributed by atoms with Crippen LogP contribution < -0.4 is 5.32 Å². The molecular formula is C11H21N3OS. The summed E-state index contributed by atoms with van der Waals surface area (Å²) < 4.78 is 4.96. The van der Waals surface area contributed by atoms with Gasteiger partial charge >= 0.3 is 0 Å². The van der Waals surface area contributed by atoms with Gasteiger partial charge in [-0.3, -0.25) is 0 Å². The molecule has 0 saturated heterocycles. The van der Waals surface area contributed by atoms with Crippen LogP contribution in [0.5, 0.6) is 0 Å². The van der Waals surface area contributed by atoms with Crippen molar-refractivity contribution in [3.05, 3.63) is 16.6 Å². The summed E-state index contributed by atoms with van der Waals surface area (Å²) in [5.74, 6) is 0. The van der Waals surface area contributed by atoms with E-state index in [-0.39, 0.29) is 0 Å². The molecule has 1 heterocycles. The average Bonchev–Trinajstić information content (AvgIpc) is 2.76. The number of ether oxygens (including phenoxy) is 1. The van der Waals surface area contributed by atoms with Crippen molar-refractivity contribution in [2.24, 2.45) is 0 Å². The Morgan fingerprint density at radius 2 is 2.38 bits per heavy atom. The summed E-state index contributed by atoms with van der Waals surface area (Å²) in [6, 6.07) is 0. The highest BCUT2D eigenvalue weighted by atomic mass is 32.1. The van der Waals surface area contributed by atoms with Gasteiger partial charge in [0.25, 0.3) is 0 Å². The summed E-state index contributed by atoms with van der Waals surface area (Å²) in [7, 11) is 3.86. The minimum absolute atomic E-state index is 0.786. The Balaban J connectivity index is 1.96. The Morgan fingerprint density at radius 1 is 1.50 bits per heavy atom. The topological polar surface area (TPSA) is 37.4 Å². The van der Waals surface area contributed by atoms with Crippen molar-refractivity contribution in [1.82, 2.24) is 15.2 Å². The zero-order valence-electron chi connectivity index (χ0n) is 10.1. The summed E-state index contributed by atoms with van der Waals surface area (Å²) in [5, 5.41) is 5.44. The number of hydrogen-bond donors (Lipinski definition) is 1. The number of nitrogens with zero attached hydrogens (tertiary/aromatic N) is 2. The first-order chi connectivity index (χ1) is 7.83. The molecule has 0 radical (unpaired) electrons. The van der Waals surface area contributed by atoms with Crippen LogP contribution in [0.2, 0.25) is 0 Å². The molecule has 1 rings (SSSR count). The van der Waals surface area contributed by atoms with Crippen LogP contribution in [-0.2, 0) is 11.3 Å². The van der Waals surface area contributed by atoms with Crippen LogP contribution in [-0.4, -0.2) is 50.3 Å². The second kappa shape index (κ2) is 8.64. The van der Waals surface area contributed by atoms with Crippen molar-refractivity contribution in [3.63, 3.8) is 0 Å². The number of nitrogens with one attached hydrogen (secondary N) is 1. The lowest BCUT2D eigenvalue weighted by atomic mass is 10.3. The van der Waals surface area contributed by atoms with E-state index in [2.05, 4.69) is 27.6 Å². The van der Waals surface area contributed by atoms with Gasteiger partial charge in [-0.25, -0.2) is 4.98 Å². The normalized spacial score (nSPS) is 11.2. The summed E-state index contributed by atoms with van der Waals surface area (Å²) in [6.45, 7) is 4.81. The van der Waals surface area contributed by atoms with E-state index < -0.39 is 0 Å². The van der Waals surface area contributed by atoms with Crippen molar-refractivity contribution < 1.29 is 4.74 Å². The monoisotopic (exact) mass is 243 g/mol. The van der Waals surface area contributed by atoms with Gasteiger partial charge < -0.3 is 15.0 Å². The van der Waals surface area contributed by atoms with Crippen LogP contribution in [0.4, 0.5) is 0 Å². The first kappa shape index (κ1) is 13.6. The second-order valence-electron chi connectivity index (χ2n) is 3.81. The molecule has 1 N–H and O–H groups in total. The number of thiazole rings is 1. The predicted molar refractivity (Wildman–Crippen MR) is 67.8 cm³/mol. The van der Waals surface area contributed by atoms with Gasteiger partial charge in [-0.15, -0.1) is 11.3 Å². The third-order valence-electron chi connectivity index (χ3n) is 2.29. The molecule has 0 atom stereocenters. The van der Waals surface area contributed by atoms with Gasteiger partial charge in [-0.2, -0.15) is 0 Å². The van der Waals surface area contributed by atoms with Crippen molar-refractivity contribution in [2.75, 3.05) is 40.4 Å². The first-order valence-electron chi connectivity index (χ1n) is 5.58. The molecule has 0 spiro atoms. The maximum absolute atomic E-state index is 4.96. The van der Waals surface area contributed by atoms with Crippen molar-refractivity contribution >= 4 is 11.3 Å². The maximum Gasteiger partial charge on any atom is 0.0795 e. The zero-order valence-corrected chi connectivity index (χ0v) is 10.9. The largest absolute Gasteiger partial charge is 0.383 e. The molecule has 16 heavy (non-hydrogen) atoms. The fraction of sp³-hybridized carbons (Fsp3) is 0.727. The van der Waals surface area contributed by atoms with Crippen LogP contribution in [0.25, 0.3) is 0 Å². The number of aromatic nitrogens is 1. The third-order valence-corrected chi connectivity index (χ3v) is 2.93. The van der Waals surface area contributed by atoms with E-state index >= 15 is 0 Å².